The molecule has 1 aromatic rings. The molecule has 1 rings (SSSR count). The molecule has 0 aliphatic heterocycles. The number of pyridine rings is 1. The number of Topliss-reactive ketones (excluding diaryl/α,β-unsaturated/α-hetero) is 1. The average molecular weight is 250 g/mol. The van der Waals surface area contributed by atoms with Crippen molar-refractivity contribution in [3.8, 4) is 0 Å². The van der Waals surface area contributed by atoms with E-state index in [-0.39, 0.29) is 15.7 Å². The second-order valence-corrected chi connectivity index (χ2v) is 3.39. The summed E-state index contributed by atoms with van der Waals surface area (Å²) in [6, 6.07) is 1.48. The second-order valence-electron chi connectivity index (χ2n) is 2.63. The van der Waals surface area contributed by atoms with Gasteiger partial charge < -0.3 is 9.47 Å². The maximum Gasteiger partial charge on any atom is 0.223 e. The minimum atomic E-state index is -1.02. The van der Waals surface area contributed by atoms with Crippen molar-refractivity contribution >= 4 is 29.0 Å². The number of hydrogen-bond acceptors (Lipinski definition) is 4. The second kappa shape index (κ2) is 5.42. The first-order valence-electron chi connectivity index (χ1n) is 4.01. The molecule has 0 saturated heterocycles. The molecule has 0 radical (unpaired) electrons. The van der Waals surface area contributed by atoms with Gasteiger partial charge in [-0.3, -0.25) is 4.79 Å². The highest BCUT2D eigenvalue weighted by molar-refractivity contribution is 6.39. The van der Waals surface area contributed by atoms with Crippen molar-refractivity contribution < 1.29 is 14.3 Å². The topological polar surface area (TPSA) is 48.4 Å². The lowest BCUT2D eigenvalue weighted by molar-refractivity contribution is -0.0742. The Morgan fingerprint density at radius 3 is 2.47 bits per heavy atom. The van der Waals surface area contributed by atoms with E-state index in [1.54, 1.807) is 0 Å². The Hall–Kier alpha value is -0.680. The predicted octanol–water partition coefficient (Wildman–Crippen LogP) is 2.19. The smallest absolute Gasteiger partial charge is 0.223 e. The Morgan fingerprint density at radius 1 is 1.40 bits per heavy atom. The van der Waals surface area contributed by atoms with Gasteiger partial charge in [-0.2, -0.15) is 0 Å². The van der Waals surface area contributed by atoms with Gasteiger partial charge in [0.2, 0.25) is 12.1 Å². The van der Waals surface area contributed by atoms with E-state index in [2.05, 4.69) is 4.98 Å². The molecule has 0 aliphatic rings. The third-order valence-corrected chi connectivity index (χ3v) is 2.34. The van der Waals surface area contributed by atoms with Crippen LogP contribution in [0.4, 0.5) is 0 Å². The summed E-state index contributed by atoms with van der Waals surface area (Å²) < 4.78 is 9.62. The summed E-state index contributed by atoms with van der Waals surface area (Å²) in [5.74, 6) is -0.455. The van der Waals surface area contributed by atoms with Gasteiger partial charge in [-0.1, -0.05) is 23.2 Å². The SMILES string of the molecule is COC(OC)C(=O)c1c(Cl)ccnc1Cl. The van der Waals surface area contributed by atoms with Crippen LogP contribution in [0, 0.1) is 0 Å². The van der Waals surface area contributed by atoms with Gasteiger partial charge in [0.05, 0.1) is 10.6 Å². The van der Waals surface area contributed by atoms with Crippen LogP contribution in [0.5, 0.6) is 0 Å². The summed E-state index contributed by atoms with van der Waals surface area (Å²) in [5, 5.41) is 0.255. The highest BCUT2D eigenvalue weighted by Gasteiger charge is 2.24. The summed E-state index contributed by atoms with van der Waals surface area (Å²) in [4.78, 5) is 15.6. The molecule has 0 spiro atoms. The van der Waals surface area contributed by atoms with Gasteiger partial charge in [-0.25, -0.2) is 4.98 Å². The number of carbonyl (C=O) groups excluding carboxylic acids is 1. The number of ketones is 1. The molecule has 0 atom stereocenters. The van der Waals surface area contributed by atoms with E-state index in [1.165, 1.54) is 26.5 Å². The van der Waals surface area contributed by atoms with Gasteiger partial charge in [0.25, 0.3) is 0 Å². The number of aromatic nitrogens is 1. The molecule has 1 heterocycles. The lowest BCUT2D eigenvalue weighted by Gasteiger charge is -2.13. The lowest BCUT2D eigenvalue weighted by atomic mass is 10.2. The molecule has 0 saturated carbocycles. The normalized spacial score (nSPS) is 10.7. The highest BCUT2D eigenvalue weighted by atomic mass is 35.5. The molecule has 4 nitrogen and oxygen atoms in total. The van der Waals surface area contributed by atoms with Gasteiger partial charge in [-0.05, 0) is 6.07 Å². The van der Waals surface area contributed by atoms with E-state index < -0.39 is 12.1 Å². The molecular formula is C9H9Cl2NO3. The van der Waals surface area contributed by atoms with Gasteiger partial charge in [0.15, 0.2) is 0 Å². The summed E-state index contributed by atoms with van der Waals surface area (Å²) in [6.07, 6.45) is 0.389. The highest BCUT2D eigenvalue weighted by Crippen LogP contribution is 2.24. The minimum Gasteiger partial charge on any atom is -0.349 e. The number of methoxy groups -OCH3 is 2. The van der Waals surface area contributed by atoms with Gasteiger partial charge in [-0.15, -0.1) is 0 Å². The number of hydrogen-bond donors (Lipinski definition) is 0. The van der Waals surface area contributed by atoms with E-state index in [1.807, 2.05) is 0 Å². The molecule has 0 fully saturated rings. The lowest BCUT2D eigenvalue weighted by Crippen LogP contribution is -2.25. The molecule has 0 N–H and O–H groups in total. The van der Waals surface area contributed by atoms with Crippen LogP contribution in [0.3, 0.4) is 0 Å². The Balaban J connectivity index is 3.10. The van der Waals surface area contributed by atoms with Crippen molar-refractivity contribution in [2.45, 2.75) is 6.29 Å². The molecule has 0 bridgehead atoms. The number of rotatable bonds is 4. The van der Waals surface area contributed by atoms with Crippen LogP contribution in [0.1, 0.15) is 10.4 Å². The Bertz CT molecular complexity index is 346. The molecule has 0 aromatic carbocycles. The van der Waals surface area contributed by atoms with Gasteiger partial charge >= 0.3 is 0 Å². The zero-order chi connectivity index (χ0) is 11.4. The fraction of sp³-hybridized carbons (Fsp3) is 0.333. The molecule has 15 heavy (non-hydrogen) atoms. The maximum atomic E-state index is 11.8. The van der Waals surface area contributed by atoms with Crippen LogP contribution >= 0.6 is 23.2 Å². The molecular weight excluding hydrogens is 241 g/mol. The van der Waals surface area contributed by atoms with E-state index in [4.69, 9.17) is 32.7 Å². The van der Waals surface area contributed by atoms with Crippen molar-refractivity contribution in [1.82, 2.24) is 4.98 Å². The fourth-order valence-electron chi connectivity index (χ4n) is 1.06. The molecule has 0 unspecified atom stereocenters. The summed E-state index contributed by atoms with van der Waals surface area (Å²) in [7, 11) is 2.70. The molecule has 82 valence electrons. The third-order valence-electron chi connectivity index (χ3n) is 1.74. The summed E-state index contributed by atoms with van der Waals surface area (Å²) in [6.45, 7) is 0. The number of carbonyl (C=O) groups is 1. The molecule has 6 heteroatoms. The van der Waals surface area contributed by atoms with E-state index in [0.29, 0.717) is 0 Å². The monoisotopic (exact) mass is 249 g/mol. The predicted molar refractivity (Wildman–Crippen MR) is 56.4 cm³/mol. The zero-order valence-electron chi connectivity index (χ0n) is 8.16. The van der Waals surface area contributed by atoms with Crippen molar-refractivity contribution in [1.29, 1.82) is 0 Å². The van der Waals surface area contributed by atoms with Crippen molar-refractivity contribution in [2.24, 2.45) is 0 Å². The van der Waals surface area contributed by atoms with Crippen LogP contribution < -0.4 is 0 Å². The fourth-order valence-corrected chi connectivity index (χ4v) is 1.60. The first-order chi connectivity index (χ1) is 7.11. The number of ether oxygens (including phenoxy) is 2. The largest absolute Gasteiger partial charge is 0.349 e. The Kier molecular flexibility index (Phi) is 4.47. The summed E-state index contributed by atoms with van der Waals surface area (Å²) in [5.41, 5.74) is 0.106. The zero-order valence-corrected chi connectivity index (χ0v) is 9.67. The molecule has 0 aliphatic carbocycles. The maximum absolute atomic E-state index is 11.8. The van der Waals surface area contributed by atoms with Crippen LogP contribution in [0.15, 0.2) is 12.3 Å². The van der Waals surface area contributed by atoms with Crippen molar-refractivity contribution in [2.75, 3.05) is 14.2 Å². The third kappa shape index (κ3) is 2.66. The number of halogens is 2. The minimum absolute atomic E-state index is 0.0339. The van der Waals surface area contributed by atoms with Crippen LogP contribution in [-0.4, -0.2) is 31.3 Å². The summed E-state index contributed by atoms with van der Waals surface area (Å²) >= 11 is 11.6. The Morgan fingerprint density at radius 2 is 2.00 bits per heavy atom. The van der Waals surface area contributed by atoms with E-state index in [9.17, 15) is 4.79 Å². The van der Waals surface area contributed by atoms with Crippen LogP contribution in [0.25, 0.3) is 0 Å². The van der Waals surface area contributed by atoms with Gasteiger partial charge in [0, 0.05) is 20.4 Å². The molecule has 1 aromatic heterocycles. The van der Waals surface area contributed by atoms with E-state index in [0.717, 1.165) is 0 Å². The number of nitrogens with zero attached hydrogens (tertiary/aromatic N) is 1. The van der Waals surface area contributed by atoms with Crippen LogP contribution in [0.2, 0.25) is 10.2 Å². The van der Waals surface area contributed by atoms with Crippen molar-refractivity contribution in [3.63, 3.8) is 0 Å². The molecule has 0 amide bonds. The standard InChI is InChI=1S/C9H9Cl2NO3/c1-14-9(15-2)7(13)6-5(10)3-4-12-8(6)11/h3-4,9H,1-2H3. The van der Waals surface area contributed by atoms with Crippen LogP contribution in [-0.2, 0) is 9.47 Å². The quantitative estimate of drug-likeness (QED) is 0.467. The first-order valence-corrected chi connectivity index (χ1v) is 4.77. The van der Waals surface area contributed by atoms with E-state index >= 15 is 0 Å². The van der Waals surface area contributed by atoms with Crippen molar-refractivity contribution in [3.05, 3.63) is 28.0 Å². The van der Waals surface area contributed by atoms with Gasteiger partial charge in [0.1, 0.15) is 5.15 Å². The first kappa shape index (κ1) is 12.4. The average Bonchev–Trinajstić information content (AvgIpc) is 2.19. The Labute approximate surface area is 97.1 Å².